The van der Waals surface area contributed by atoms with E-state index in [-0.39, 0.29) is 17.7 Å². The number of rotatable bonds is 6. The fraction of sp³-hybridized carbons (Fsp3) is 0.333. The summed E-state index contributed by atoms with van der Waals surface area (Å²) in [6.45, 7) is 4.29. The lowest BCUT2D eigenvalue weighted by molar-refractivity contribution is -0.117. The van der Waals surface area contributed by atoms with Gasteiger partial charge >= 0.3 is 0 Å². The van der Waals surface area contributed by atoms with Gasteiger partial charge in [-0.3, -0.25) is 4.79 Å². The standard InChI is InChI=1S/C24H27N3OS2/c1-14-9-10-17(12-20(14)29-5)21-15(2)22(21)23(28)26-24-25-19(13-30-24)16-7-6-8-18(11-16)27(3)4/h6-13,15,21-22H,1-5H3,(H,25,26,28). The van der Waals surface area contributed by atoms with Crippen molar-refractivity contribution in [3.63, 3.8) is 0 Å². The summed E-state index contributed by atoms with van der Waals surface area (Å²) in [6.07, 6.45) is 2.10. The fourth-order valence-corrected chi connectivity index (χ4v) is 5.38. The SMILES string of the molecule is CSc1cc(C2C(C)C2C(=O)Nc2nc(-c3cccc(N(C)C)c3)cs2)ccc1C. The van der Waals surface area contributed by atoms with Crippen LogP contribution in [0, 0.1) is 18.8 Å². The molecule has 4 rings (SSSR count). The van der Waals surface area contributed by atoms with Crippen LogP contribution >= 0.6 is 23.1 Å². The zero-order chi connectivity index (χ0) is 21.4. The maximum absolute atomic E-state index is 12.9. The van der Waals surface area contributed by atoms with Crippen LogP contribution in [0.25, 0.3) is 11.3 Å². The van der Waals surface area contributed by atoms with Crippen LogP contribution in [0.5, 0.6) is 0 Å². The molecule has 1 aromatic heterocycles. The molecule has 1 heterocycles. The third-order valence-electron chi connectivity index (χ3n) is 5.89. The number of nitrogens with one attached hydrogen (secondary N) is 1. The van der Waals surface area contributed by atoms with Gasteiger partial charge in [0.1, 0.15) is 0 Å². The first-order valence-corrected chi connectivity index (χ1v) is 12.2. The number of aryl methyl sites for hydroxylation is 1. The Morgan fingerprint density at radius 3 is 2.73 bits per heavy atom. The van der Waals surface area contributed by atoms with Crippen molar-refractivity contribution in [2.24, 2.45) is 11.8 Å². The van der Waals surface area contributed by atoms with Crippen molar-refractivity contribution in [2.75, 3.05) is 30.6 Å². The molecule has 30 heavy (non-hydrogen) atoms. The van der Waals surface area contributed by atoms with Gasteiger partial charge in [-0.25, -0.2) is 4.98 Å². The van der Waals surface area contributed by atoms with Crippen molar-refractivity contribution in [3.05, 3.63) is 59.0 Å². The lowest BCUT2D eigenvalue weighted by Crippen LogP contribution is -2.15. The molecular formula is C24H27N3OS2. The smallest absolute Gasteiger partial charge is 0.230 e. The van der Waals surface area contributed by atoms with Gasteiger partial charge in [-0.15, -0.1) is 23.1 Å². The summed E-state index contributed by atoms with van der Waals surface area (Å²) in [7, 11) is 4.05. The van der Waals surface area contributed by atoms with E-state index in [1.807, 2.05) is 31.6 Å². The van der Waals surface area contributed by atoms with Crippen molar-refractivity contribution in [1.29, 1.82) is 0 Å². The molecule has 1 N–H and O–H groups in total. The molecular weight excluding hydrogens is 410 g/mol. The van der Waals surface area contributed by atoms with Gasteiger partial charge in [-0.1, -0.05) is 31.2 Å². The molecule has 1 aliphatic rings. The van der Waals surface area contributed by atoms with E-state index >= 15 is 0 Å². The summed E-state index contributed by atoms with van der Waals surface area (Å²) in [5.74, 6) is 0.708. The summed E-state index contributed by atoms with van der Waals surface area (Å²) < 4.78 is 0. The van der Waals surface area contributed by atoms with Crippen LogP contribution in [0.4, 0.5) is 10.8 Å². The van der Waals surface area contributed by atoms with E-state index in [0.29, 0.717) is 11.0 Å². The molecule has 0 saturated heterocycles. The highest BCUT2D eigenvalue weighted by atomic mass is 32.2. The van der Waals surface area contributed by atoms with Crippen LogP contribution in [0.2, 0.25) is 0 Å². The molecule has 3 unspecified atom stereocenters. The minimum atomic E-state index is 0.00633. The Morgan fingerprint density at radius 1 is 1.20 bits per heavy atom. The van der Waals surface area contributed by atoms with E-state index in [0.717, 1.165) is 16.9 Å². The van der Waals surface area contributed by atoms with E-state index in [1.165, 1.54) is 27.4 Å². The quantitative estimate of drug-likeness (QED) is 0.488. The number of anilines is 2. The Labute approximate surface area is 186 Å². The second kappa shape index (κ2) is 8.44. The molecule has 3 atom stereocenters. The summed E-state index contributed by atoms with van der Waals surface area (Å²) >= 11 is 3.24. The molecule has 2 aromatic carbocycles. The van der Waals surface area contributed by atoms with Gasteiger partial charge in [0, 0.05) is 41.5 Å². The van der Waals surface area contributed by atoms with E-state index in [2.05, 4.69) is 65.6 Å². The monoisotopic (exact) mass is 437 g/mol. The van der Waals surface area contributed by atoms with Crippen LogP contribution in [-0.4, -0.2) is 31.2 Å². The Kier molecular flexibility index (Phi) is 5.89. The number of hydrogen-bond acceptors (Lipinski definition) is 5. The second-order valence-corrected chi connectivity index (χ2v) is 9.82. The maximum Gasteiger partial charge on any atom is 0.230 e. The van der Waals surface area contributed by atoms with Gasteiger partial charge in [0.25, 0.3) is 0 Å². The van der Waals surface area contributed by atoms with E-state index in [9.17, 15) is 4.79 Å². The molecule has 6 heteroatoms. The highest BCUT2D eigenvalue weighted by molar-refractivity contribution is 7.98. The second-order valence-electron chi connectivity index (χ2n) is 8.11. The molecule has 0 bridgehead atoms. The van der Waals surface area contributed by atoms with E-state index in [4.69, 9.17) is 0 Å². The number of nitrogens with zero attached hydrogens (tertiary/aromatic N) is 2. The minimum Gasteiger partial charge on any atom is -0.378 e. The van der Waals surface area contributed by atoms with Gasteiger partial charge in [0.2, 0.25) is 5.91 Å². The van der Waals surface area contributed by atoms with Gasteiger partial charge in [-0.2, -0.15) is 0 Å². The Hall–Kier alpha value is -2.31. The number of thioether (sulfide) groups is 1. The third kappa shape index (κ3) is 4.12. The molecule has 0 radical (unpaired) electrons. The molecule has 1 aliphatic carbocycles. The first-order valence-electron chi connectivity index (χ1n) is 10.1. The Morgan fingerprint density at radius 2 is 2.00 bits per heavy atom. The predicted molar refractivity (Wildman–Crippen MR) is 129 cm³/mol. The van der Waals surface area contributed by atoms with Crippen LogP contribution in [0.15, 0.2) is 52.7 Å². The number of carbonyl (C=O) groups excluding carboxylic acids is 1. The average Bonchev–Trinajstić information content (AvgIpc) is 3.19. The third-order valence-corrected chi connectivity index (χ3v) is 7.53. The molecule has 1 fully saturated rings. The van der Waals surface area contributed by atoms with Crippen LogP contribution in [0.1, 0.15) is 24.0 Å². The number of amides is 1. The fourth-order valence-electron chi connectivity index (χ4n) is 4.02. The summed E-state index contributed by atoms with van der Waals surface area (Å²) in [6, 6.07) is 14.8. The highest BCUT2D eigenvalue weighted by Gasteiger charge is 2.52. The molecule has 1 saturated carbocycles. The van der Waals surface area contributed by atoms with Gasteiger partial charge in [0.15, 0.2) is 5.13 Å². The molecule has 1 amide bonds. The molecule has 156 valence electrons. The molecule has 4 nitrogen and oxygen atoms in total. The van der Waals surface area contributed by atoms with Crippen LogP contribution in [-0.2, 0) is 4.79 Å². The van der Waals surface area contributed by atoms with Crippen LogP contribution < -0.4 is 10.2 Å². The van der Waals surface area contributed by atoms with E-state index in [1.54, 1.807) is 11.8 Å². The zero-order valence-electron chi connectivity index (χ0n) is 18.0. The zero-order valence-corrected chi connectivity index (χ0v) is 19.6. The van der Waals surface area contributed by atoms with Crippen LogP contribution in [0.3, 0.4) is 0 Å². The molecule has 0 spiro atoms. The highest BCUT2D eigenvalue weighted by Crippen LogP contribution is 2.54. The number of hydrogen-bond donors (Lipinski definition) is 1. The lowest BCUT2D eigenvalue weighted by Gasteiger charge is -2.12. The predicted octanol–water partition coefficient (Wildman–Crippen LogP) is 5.89. The van der Waals surface area contributed by atoms with Crippen molar-refractivity contribution >= 4 is 39.8 Å². The molecule has 3 aromatic rings. The summed E-state index contributed by atoms with van der Waals surface area (Å²) in [5.41, 5.74) is 5.62. The first kappa shape index (κ1) is 20.9. The lowest BCUT2D eigenvalue weighted by atomic mass is 10.1. The summed E-state index contributed by atoms with van der Waals surface area (Å²) in [5, 5.41) is 5.72. The van der Waals surface area contributed by atoms with Crippen molar-refractivity contribution < 1.29 is 4.79 Å². The van der Waals surface area contributed by atoms with Crippen molar-refractivity contribution in [3.8, 4) is 11.3 Å². The number of benzene rings is 2. The maximum atomic E-state index is 12.9. The van der Waals surface area contributed by atoms with Gasteiger partial charge in [0.05, 0.1) is 5.69 Å². The average molecular weight is 438 g/mol. The molecule has 0 aliphatic heterocycles. The number of thiazole rings is 1. The van der Waals surface area contributed by atoms with Crippen molar-refractivity contribution in [2.45, 2.75) is 24.7 Å². The largest absolute Gasteiger partial charge is 0.378 e. The number of aromatic nitrogens is 1. The first-order chi connectivity index (χ1) is 14.4. The summed E-state index contributed by atoms with van der Waals surface area (Å²) in [4.78, 5) is 20.9. The minimum absolute atomic E-state index is 0.00633. The van der Waals surface area contributed by atoms with E-state index < -0.39 is 0 Å². The number of carbonyl (C=O) groups is 1. The normalized spacial score (nSPS) is 20.1. The van der Waals surface area contributed by atoms with Crippen molar-refractivity contribution in [1.82, 2.24) is 4.98 Å². The Balaban J connectivity index is 1.46. The van der Waals surface area contributed by atoms with Gasteiger partial charge in [-0.05, 0) is 54.3 Å². The Bertz CT molecular complexity index is 1080. The topological polar surface area (TPSA) is 45.2 Å². The van der Waals surface area contributed by atoms with Gasteiger partial charge < -0.3 is 10.2 Å².